The van der Waals surface area contributed by atoms with Crippen molar-refractivity contribution in [1.82, 2.24) is 35.7 Å². The highest BCUT2D eigenvalue weighted by molar-refractivity contribution is 6.09. The summed E-state index contributed by atoms with van der Waals surface area (Å²) in [5.41, 5.74) is -11.2. The number of alkyl halides is 6. The van der Waals surface area contributed by atoms with Crippen molar-refractivity contribution in [2.45, 2.75) is 228 Å². The van der Waals surface area contributed by atoms with E-state index in [9.17, 15) is 69.5 Å². The molecule has 1 aromatic heterocycles. The summed E-state index contributed by atoms with van der Waals surface area (Å²) in [4.78, 5) is 139. The molecule has 0 spiro atoms. The minimum absolute atomic E-state index is 0.0178. The van der Waals surface area contributed by atoms with E-state index in [0.717, 1.165) is 6.07 Å². The van der Waals surface area contributed by atoms with Crippen LogP contribution < -0.4 is 46.7 Å². The molecule has 2 atom stereocenters. The fourth-order valence-corrected chi connectivity index (χ4v) is 9.53. The number of likely N-dealkylation sites (tertiary alicyclic amines) is 2. The number of aliphatic imine (C=N–C) groups is 2. The molecule has 0 bridgehead atoms. The van der Waals surface area contributed by atoms with Crippen molar-refractivity contribution in [1.29, 1.82) is 0 Å². The molecular weight excluding hydrogens is 1370 g/mol. The predicted molar refractivity (Wildman–Crippen MR) is 367 cm³/mol. The van der Waals surface area contributed by atoms with Crippen LogP contribution in [0.2, 0.25) is 0 Å². The number of nitrogens with zero attached hydrogens (tertiary/aromatic N) is 6. The molecule has 2 unspecified atom stereocenters. The number of amidine groups is 1. The van der Waals surface area contributed by atoms with Crippen LogP contribution in [0.5, 0.6) is 11.5 Å². The summed E-state index contributed by atoms with van der Waals surface area (Å²) >= 11 is 0. The van der Waals surface area contributed by atoms with E-state index in [0.29, 0.717) is 49.3 Å². The first-order valence-electron chi connectivity index (χ1n) is 33.4. The van der Waals surface area contributed by atoms with Crippen molar-refractivity contribution in [3.05, 3.63) is 59.2 Å². The molecule has 2 saturated heterocycles. The molecule has 29 nitrogen and oxygen atoms in total. The van der Waals surface area contributed by atoms with Crippen LogP contribution in [0.25, 0.3) is 0 Å². The lowest BCUT2D eigenvalue weighted by Crippen LogP contribution is -2.47. The van der Waals surface area contributed by atoms with Gasteiger partial charge < -0.3 is 64.2 Å². The van der Waals surface area contributed by atoms with Gasteiger partial charge in [0.1, 0.15) is 63.8 Å². The number of halogens is 6. The van der Waals surface area contributed by atoms with Crippen LogP contribution in [0.15, 0.2) is 46.6 Å². The molecule has 35 heteroatoms. The lowest BCUT2D eigenvalue weighted by atomic mass is 10.1. The van der Waals surface area contributed by atoms with Crippen LogP contribution >= 0.6 is 0 Å². The standard InChI is InChI=1S/C68H95F6N13O16/c1-17-22-49(83-57(92)99-62(2,3)4)75-27-20-18-23-50(88)79-43-31-39(67(69,70)71)33-45(52(43)97-41-25-29-86(36-41)60(95)102-65(11,12)13)81-54(90)47-35-48(78-38-77-47)55(91)82-46-34-40(68(72,73)74)32-44(53(46)98-42-26-30-87(37-42)61(96)103-66(14,15)16)80-51(89)24-19-21-28-76-56(84-58(93)100-63(5,6)7)85-59(94)101-64(8,9)10/h31-35,38,41-42H,17-30,36-37H2,1-16H3,(H,79,88)(H,80,89)(H,81,90)(H,82,91)(H,75,83,92)(H2,76,84,85,93,94). The highest BCUT2D eigenvalue weighted by atomic mass is 19.4. The number of amides is 9. The van der Waals surface area contributed by atoms with E-state index >= 15 is 0 Å². The minimum atomic E-state index is -5.16. The zero-order valence-corrected chi connectivity index (χ0v) is 60.9. The first-order valence-corrected chi connectivity index (χ1v) is 33.4. The van der Waals surface area contributed by atoms with Crippen LogP contribution in [0, 0.1) is 0 Å². The predicted octanol–water partition coefficient (Wildman–Crippen LogP) is 13.1. The number of unbranched alkanes of at least 4 members (excludes halogenated alkanes) is 2. The SMILES string of the molecule is CCCC(=NCCCCC(=O)Nc1cc(C(F)(F)F)cc(NC(=O)c2cc(C(=O)Nc3cc(C(F)(F)F)cc(NC(=O)CCCCN=C(NC(=O)OC(C)(C)C)NC(=O)OC(C)(C)C)c3OC3CCN(C(=O)OC(C)(C)C)C3)ncn2)c1OC1CCN(C(=O)OC(C)(C)C)C1)NC(=O)OC(C)(C)C. The third kappa shape index (κ3) is 30.0. The average Bonchev–Trinajstić information content (AvgIpc) is 1.60. The van der Waals surface area contributed by atoms with Gasteiger partial charge in [0.15, 0.2) is 11.5 Å². The Balaban J connectivity index is 1.47. The van der Waals surface area contributed by atoms with Gasteiger partial charge in [0.05, 0.1) is 47.0 Å². The Labute approximate surface area is 593 Å². The summed E-state index contributed by atoms with van der Waals surface area (Å²) in [5.74, 6) is -5.27. The van der Waals surface area contributed by atoms with Gasteiger partial charge in [-0.05, 0) is 160 Å². The third-order valence-corrected chi connectivity index (χ3v) is 13.7. The summed E-state index contributed by atoms with van der Waals surface area (Å²) < 4.78 is 129. The molecule has 2 aliphatic heterocycles. The molecular formula is C68H95F6N13O16. The molecule has 3 aromatic rings. The number of alkyl carbamates (subject to hydrolysis) is 3. The van der Waals surface area contributed by atoms with Crippen LogP contribution in [-0.2, 0) is 45.6 Å². The Morgan fingerprint density at radius 2 is 0.816 bits per heavy atom. The molecule has 0 saturated carbocycles. The maximum atomic E-state index is 15.0. The van der Waals surface area contributed by atoms with E-state index in [1.54, 1.807) is 104 Å². The smallest absolute Gasteiger partial charge is 0.416 e. The van der Waals surface area contributed by atoms with Crippen molar-refractivity contribution in [2.75, 3.05) is 60.5 Å². The fraction of sp³-hybridized carbons (Fsp3) is 0.603. The van der Waals surface area contributed by atoms with Gasteiger partial charge >= 0.3 is 42.8 Å². The Morgan fingerprint density at radius 1 is 0.466 bits per heavy atom. The number of hydrogen-bond acceptors (Lipinski definition) is 20. The molecule has 570 valence electrons. The highest BCUT2D eigenvalue weighted by Gasteiger charge is 2.39. The second kappa shape index (κ2) is 35.4. The Hall–Kier alpha value is -9.73. The van der Waals surface area contributed by atoms with Gasteiger partial charge in [0.25, 0.3) is 11.8 Å². The van der Waals surface area contributed by atoms with E-state index in [1.165, 1.54) is 9.80 Å². The lowest BCUT2D eigenvalue weighted by Gasteiger charge is -2.25. The lowest BCUT2D eigenvalue weighted by molar-refractivity contribution is -0.138. The van der Waals surface area contributed by atoms with Crippen molar-refractivity contribution in [2.24, 2.45) is 9.98 Å². The number of benzene rings is 2. The maximum Gasteiger partial charge on any atom is 0.416 e. The molecule has 103 heavy (non-hydrogen) atoms. The van der Waals surface area contributed by atoms with Crippen LogP contribution in [0.4, 0.5) is 73.1 Å². The molecule has 3 heterocycles. The minimum Gasteiger partial charge on any atom is -0.484 e. The van der Waals surface area contributed by atoms with Crippen molar-refractivity contribution in [3.8, 4) is 11.5 Å². The van der Waals surface area contributed by atoms with Crippen LogP contribution in [0.1, 0.15) is 207 Å². The number of hydrogen-bond donors (Lipinski definition) is 7. The van der Waals surface area contributed by atoms with Gasteiger partial charge in [0.2, 0.25) is 17.8 Å². The monoisotopic (exact) mass is 1460 g/mol. The molecule has 9 amide bonds. The number of guanidine groups is 1. The van der Waals surface area contributed by atoms with E-state index in [1.807, 2.05) is 6.92 Å². The van der Waals surface area contributed by atoms with Crippen molar-refractivity contribution >= 4 is 88.6 Å². The fourth-order valence-electron chi connectivity index (χ4n) is 9.53. The third-order valence-electron chi connectivity index (χ3n) is 13.7. The molecule has 5 rings (SSSR count). The summed E-state index contributed by atoms with van der Waals surface area (Å²) in [7, 11) is 0. The largest absolute Gasteiger partial charge is 0.484 e. The van der Waals surface area contributed by atoms with Gasteiger partial charge in [-0.2, -0.15) is 26.3 Å². The van der Waals surface area contributed by atoms with Gasteiger partial charge in [-0.15, -0.1) is 0 Å². The number of rotatable bonds is 22. The second-order valence-electron chi connectivity index (χ2n) is 29.1. The molecule has 2 aliphatic rings. The number of nitrogens with one attached hydrogen (secondary N) is 7. The summed E-state index contributed by atoms with van der Waals surface area (Å²) in [5, 5.41) is 16.8. The Kier molecular flexibility index (Phi) is 28.9. The first kappa shape index (κ1) is 83.9. The number of carbonyl (C=O) groups excluding carboxylic acids is 9. The second-order valence-corrected chi connectivity index (χ2v) is 29.1. The van der Waals surface area contributed by atoms with Gasteiger partial charge in [-0.1, -0.05) is 6.92 Å². The topological polar surface area (TPSA) is 359 Å². The normalized spacial score (nSPS) is 15.2. The average molecular weight is 1460 g/mol. The van der Waals surface area contributed by atoms with Crippen molar-refractivity contribution in [3.63, 3.8) is 0 Å². The van der Waals surface area contributed by atoms with E-state index in [2.05, 4.69) is 57.2 Å². The number of ether oxygens (including phenoxy) is 7. The highest BCUT2D eigenvalue weighted by Crippen LogP contribution is 2.44. The zero-order valence-electron chi connectivity index (χ0n) is 60.9. The van der Waals surface area contributed by atoms with Gasteiger partial charge in [-0.3, -0.25) is 45.1 Å². The first-order chi connectivity index (χ1) is 47.5. The quantitative estimate of drug-likeness (QED) is 0.0161. The zero-order chi connectivity index (χ0) is 77.2. The van der Waals surface area contributed by atoms with Crippen LogP contribution in [-0.4, -0.2) is 165 Å². The molecule has 2 aromatic carbocycles. The molecule has 7 N–H and O–H groups in total. The van der Waals surface area contributed by atoms with E-state index in [-0.39, 0.29) is 96.6 Å². The number of aromatic nitrogens is 2. The molecule has 0 radical (unpaired) electrons. The summed E-state index contributed by atoms with van der Waals surface area (Å²) in [6, 6.07) is 2.93. The number of carbonyl (C=O) groups is 9. The summed E-state index contributed by atoms with van der Waals surface area (Å²) in [6.07, 6.45) is -14.5. The van der Waals surface area contributed by atoms with E-state index in [4.69, 9.17) is 33.2 Å². The Morgan fingerprint density at radius 3 is 1.17 bits per heavy atom. The maximum absolute atomic E-state index is 15.0. The molecule has 2 fully saturated rings. The van der Waals surface area contributed by atoms with Crippen molar-refractivity contribution < 1.29 is 103 Å². The Bertz CT molecular complexity index is 3580. The van der Waals surface area contributed by atoms with E-state index < -0.39 is 163 Å². The summed E-state index contributed by atoms with van der Waals surface area (Å²) in [6.45, 7) is 26.3. The number of anilines is 4. The van der Waals surface area contributed by atoms with Gasteiger partial charge in [-0.25, -0.2) is 33.9 Å². The van der Waals surface area contributed by atoms with Crippen LogP contribution in [0.3, 0.4) is 0 Å². The van der Waals surface area contributed by atoms with Gasteiger partial charge in [0, 0.05) is 64.3 Å². The molecule has 0 aliphatic carbocycles.